The molecule has 26 heavy (non-hydrogen) atoms. The van der Waals surface area contributed by atoms with E-state index in [9.17, 15) is 8.42 Å². The highest BCUT2D eigenvalue weighted by Gasteiger charge is 2.10. The summed E-state index contributed by atoms with van der Waals surface area (Å²) < 4.78 is 26.8. The number of hydrogen-bond acceptors (Lipinski definition) is 4. The molecule has 0 aliphatic carbocycles. The molecule has 1 heterocycles. The standard InChI is InChI=1S/C18H26N4O2S2/c1-3-19-18(21-14-17-10-9-15(2)25-17)20-11-12-26(23,24)22-13-16-7-5-4-6-8-16/h4-10,22H,3,11-14H2,1-2H3,(H2,19,20,21). The van der Waals surface area contributed by atoms with E-state index < -0.39 is 10.0 Å². The molecule has 0 fully saturated rings. The molecule has 2 aromatic rings. The minimum absolute atomic E-state index is 0.0115. The molecule has 0 spiro atoms. The molecule has 2 rings (SSSR count). The highest BCUT2D eigenvalue weighted by Crippen LogP contribution is 2.15. The van der Waals surface area contributed by atoms with Gasteiger partial charge in [0.1, 0.15) is 0 Å². The highest BCUT2D eigenvalue weighted by atomic mass is 32.2. The van der Waals surface area contributed by atoms with Gasteiger partial charge >= 0.3 is 0 Å². The van der Waals surface area contributed by atoms with E-state index in [1.807, 2.05) is 37.3 Å². The maximum atomic E-state index is 12.1. The number of aliphatic imine (C=N–C) groups is 1. The van der Waals surface area contributed by atoms with E-state index >= 15 is 0 Å². The minimum atomic E-state index is -3.35. The van der Waals surface area contributed by atoms with Gasteiger partial charge in [-0.2, -0.15) is 0 Å². The van der Waals surface area contributed by atoms with Gasteiger partial charge < -0.3 is 10.6 Å². The van der Waals surface area contributed by atoms with E-state index in [1.54, 1.807) is 11.3 Å². The van der Waals surface area contributed by atoms with Crippen molar-refractivity contribution in [2.24, 2.45) is 4.99 Å². The maximum Gasteiger partial charge on any atom is 0.213 e. The Morgan fingerprint density at radius 1 is 1.12 bits per heavy atom. The lowest BCUT2D eigenvalue weighted by Crippen LogP contribution is -2.41. The summed E-state index contributed by atoms with van der Waals surface area (Å²) in [5.74, 6) is 0.610. The summed E-state index contributed by atoms with van der Waals surface area (Å²) in [5.41, 5.74) is 0.935. The van der Waals surface area contributed by atoms with Crippen molar-refractivity contribution in [3.63, 3.8) is 0 Å². The third-order valence-electron chi connectivity index (χ3n) is 3.54. The molecular weight excluding hydrogens is 368 g/mol. The van der Waals surface area contributed by atoms with E-state index in [0.29, 0.717) is 32.1 Å². The Bertz CT molecular complexity index is 802. The largest absolute Gasteiger partial charge is 0.357 e. The molecule has 0 bridgehead atoms. The maximum absolute atomic E-state index is 12.1. The number of sulfonamides is 1. The van der Waals surface area contributed by atoms with Crippen LogP contribution in [0.5, 0.6) is 0 Å². The van der Waals surface area contributed by atoms with Gasteiger partial charge in [0.15, 0.2) is 5.96 Å². The van der Waals surface area contributed by atoms with Crippen LogP contribution in [0.15, 0.2) is 47.5 Å². The summed E-state index contributed by atoms with van der Waals surface area (Å²) in [6.45, 7) is 5.93. The monoisotopic (exact) mass is 394 g/mol. The molecule has 0 saturated carbocycles. The molecule has 0 saturated heterocycles. The molecule has 6 nitrogen and oxygen atoms in total. The topological polar surface area (TPSA) is 82.6 Å². The van der Waals surface area contributed by atoms with Gasteiger partial charge in [-0.05, 0) is 31.5 Å². The Morgan fingerprint density at radius 3 is 2.54 bits per heavy atom. The number of nitrogens with one attached hydrogen (secondary N) is 3. The first-order valence-corrected chi connectivity index (χ1v) is 11.0. The number of thiophene rings is 1. The number of nitrogens with zero attached hydrogens (tertiary/aromatic N) is 1. The van der Waals surface area contributed by atoms with Gasteiger partial charge in [-0.1, -0.05) is 30.3 Å². The number of aryl methyl sites for hydroxylation is 1. The smallest absolute Gasteiger partial charge is 0.213 e. The zero-order valence-electron chi connectivity index (χ0n) is 15.2. The first-order valence-electron chi connectivity index (χ1n) is 8.57. The molecule has 0 atom stereocenters. The van der Waals surface area contributed by atoms with Crippen LogP contribution in [0.2, 0.25) is 0 Å². The fraction of sp³-hybridized carbons (Fsp3) is 0.389. The summed E-state index contributed by atoms with van der Waals surface area (Å²) in [5, 5.41) is 6.21. The van der Waals surface area contributed by atoms with Crippen LogP contribution < -0.4 is 15.4 Å². The van der Waals surface area contributed by atoms with Gasteiger partial charge in [0.2, 0.25) is 10.0 Å². The fourth-order valence-electron chi connectivity index (χ4n) is 2.23. The quantitative estimate of drug-likeness (QED) is 0.450. The van der Waals surface area contributed by atoms with Gasteiger partial charge in [0, 0.05) is 29.4 Å². The molecule has 0 unspecified atom stereocenters. The summed E-state index contributed by atoms with van der Waals surface area (Å²) in [7, 11) is -3.35. The summed E-state index contributed by atoms with van der Waals surface area (Å²) in [6, 6.07) is 13.6. The minimum Gasteiger partial charge on any atom is -0.357 e. The predicted octanol–water partition coefficient (Wildman–Crippen LogP) is 2.23. The van der Waals surface area contributed by atoms with Crippen molar-refractivity contribution in [1.82, 2.24) is 15.4 Å². The molecule has 1 aromatic carbocycles. The Hall–Kier alpha value is -1.90. The third kappa shape index (κ3) is 7.55. The second-order valence-corrected chi connectivity index (χ2v) is 9.06. The zero-order valence-corrected chi connectivity index (χ0v) is 16.8. The number of rotatable bonds is 9. The normalized spacial score (nSPS) is 12.2. The van der Waals surface area contributed by atoms with Gasteiger partial charge in [0.05, 0.1) is 12.3 Å². The molecule has 1 aromatic heterocycles. The van der Waals surface area contributed by atoms with Crippen molar-refractivity contribution in [2.45, 2.75) is 26.9 Å². The second-order valence-electron chi connectivity index (χ2n) is 5.76. The van der Waals surface area contributed by atoms with Gasteiger partial charge in [-0.25, -0.2) is 18.1 Å². The zero-order chi connectivity index (χ0) is 18.8. The van der Waals surface area contributed by atoms with Crippen LogP contribution in [0, 0.1) is 6.92 Å². The van der Waals surface area contributed by atoms with Crippen LogP contribution in [-0.2, 0) is 23.1 Å². The van der Waals surface area contributed by atoms with Crippen LogP contribution in [-0.4, -0.2) is 33.2 Å². The average molecular weight is 395 g/mol. The Kier molecular flexibility index (Phi) is 8.08. The van der Waals surface area contributed by atoms with Crippen LogP contribution in [0.1, 0.15) is 22.2 Å². The molecule has 0 aliphatic heterocycles. The van der Waals surface area contributed by atoms with E-state index in [1.165, 1.54) is 9.75 Å². The van der Waals surface area contributed by atoms with Crippen molar-refractivity contribution in [1.29, 1.82) is 0 Å². The molecule has 0 amide bonds. The highest BCUT2D eigenvalue weighted by molar-refractivity contribution is 7.89. The Labute approximate surface area is 159 Å². The molecular formula is C18H26N4O2S2. The van der Waals surface area contributed by atoms with Crippen molar-refractivity contribution >= 4 is 27.3 Å². The van der Waals surface area contributed by atoms with Gasteiger partial charge in [-0.3, -0.25) is 0 Å². The lowest BCUT2D eigenvalue weighted by molar-refractivity contribution is 0.580. The van der Waals surface area contributed by atoms with E-state index in [4.69, 9.17) is 0 Å². The number of hydrogen-bond donors (Lipinski definition) is 3. The lowest BCUT2D eigenvalue weighted by atomic mass is 10.2. The predicted molar refractivity (Wildman–Crippen MR) is 109 cm³/mol. The average Bonchev–Trinajstić information content (AvgIpc) is 3.04. The van der Waals surface area contributed by atoms with Crippen LogP contribution in [0.4, 0.5) is 0 Å². The number of guanidine groups is 1. The van der Waals surface area contributed by atoms with Crippen LogP contribution >= 0.6 is 11.3 Å². The lowest BCUT2D eigenvalue weighted by Gasteiger charge is -2.12. The van der Waals surface area contributed by atoms with E-state index in [-0.39, 0.29) is 5.75 Å². The fourth-order valence-corrected chi connectivity index (χ4v) is 3.95. The number of benzene rings is 1. The summed E-state index contributed by atoms with van der Waals surface area (Å²) >= 11 is 1.71. The Balaban J connectivity index is 1.80. The SMILES string of the molecule is CCNC(=NCc1ccc(C)s1)NCCS(=O)(=O)NCc1ccccc1. The van der Waals surface area contributed by atoms with Crippen molar-refractivity contribution in [3.8, 4) is 0 Å². The molecule has 142 valence electrons. The molecule has 0 radical (unpaired) electrons. The first-order chi connectivity index (χ1) is 12.5. The first kappa shape index (κ1) is 20.4. The van der Waals surface area contributed by atoms with Crippen molar-refractivity contribution in [2.75, 3.05) is 18.8 Å². The van der Waals surface area contributed by atoms with Crippen LogP contribution in [0.3, 0.4) is 0 Å². The summed E-state index contributed by atoms with van der Waals surface area (Å²) in [4.78, 5) is 6.93. The third-order valence-corrected chi connectivity index (χ3v) is 5.85. The Morgan fingerprint density at radius 2 is 1.88 bits per heavy atom. The van der Waals surface area contributed by atoms with Crippen LogP contribution in [0.25, 0.3) is 0 Å². The molecule has 3 N–H and O–H groups in total. The molecule has 8 heteroatoms. The molecule has 0 aliphatic rings. The van der Waals surface area contributed by atoms with E-state index in [0.717, 1.165) is 5.56 Å². The van der Waals surface area contributed by atoms with E-state index in [2.05, 4.69) is 39.4 Å². The summed E-state index contributed by atoms with van der Waals surface area (Å²) in [6.07, 6.45) is 0. The van der Waals surface area contributed by atoms with Gasteiger partial charge in [0.25, 0.3) is 0 Å². The van der Waals surface area contributed by atoms with Gasteiger partial charge in [-0.15, -0.1) is 11.3 Å². The van der Waals surface area contributed by atoms with Crippen molar-refractivity contribution in [3.05, 3.63) is 57.8 Å². The second kappa shape index (κ2) is 10.3. The van der Waals surface area contributed by atoms with Crippen molar-refractivity contribution < 1.29 is 8.42 Å².